The van der Waals surface area contributed by atoms with Crippen molar-refractivity contribution >= 4 is 11.6 Å². The highest BCUT2D eigenvalue weighted by Crippen LogP contribution is 2.24. The Morgan fingerprint density at radius 1 is 1.58 bits per heavy atom. The van der Waals surface area contributed by atoms with Gasteiger partial charge in [-0.2, -0.15) is 5.26 Å². The quantitative estimate of drug-likeness (QED) is 0.702. The van der Waals surface area contributed by atoms with Gasteiger partial charge in [0.05, 0.1) is 24.6 Å². The van der Waals surface area contributed by atoms with Gasteiger partial charge in [0, 0.05) is 0 Å². The van der Waals surface area contributed by atoms with Crippen LogP contribution in [0.4, 0.5) is 0 Å². The van der Waals surface area contributed by atoms with Crippen LogP contribution in [0.5, 0.6) is 5.75 Å². The summed E-state index contributed by atoms with van der Waals surface area (Å²) in [6, 6.07) is 7.37. The number of ether oxygens (including phenoxy) is 1. The molecule has 12 heavy (non-hydrogen) atoms. The zero-order chi connectivity index (χ0) is 8.97. The average molecular weight is 182 g/mol. The first-order chi connectivity index (χ1) is 5.77. The van der Waals surface area contributed by atoms with Crippen molar-refractivity contribution in [2.45, 2.75) is 6.42 Å². The van der Waals surface area contributed by atoms with Crippen LogP contribution < -0.4 is 4.74 Å². The molecule has 0 atom stereocenters. The molecule has 0 radical (unpaired) electrons. The minimum absolute atomic E-state index is 0.382. The molecule has 0 saturated heterocycles. The summed E-state index contributed by atoms with van der Waals surface area (Å²) in [7, 11) is 1.55. The third-order valence-corrected chi connectivity index (χ3v) is 1.81. The van der Waals surface area contributed by atoms with E-state index in [9.17, 15) is 0 Å². The second-order valence-electron chi connectivity index (χ2n) is 2.30. The Bertz CT molecular complexity index is 317. The predicted molar refractivity (Wildman–Crippen MR) is 47.3 cm³/mol. The lowest BCUT2D eigenvalue weighted by atomic mass is 10.1. The number of nitrogens with zero attached hydrogens (tertiary/aromatic N) is 1. The van der Waals surface area contributed by atoms with Crippen LogP contribution in [0.25, 0.3) is 0 Å². The number of nitriles is 1. The van der Waals surface area contributed by atoms with Gasteiger partial charge in [0.2, 0.25) is 0 Å². The number of hydrogen-bond acceptors (Lipinski definition) is 2. The second-order valence-corrected chi connectivity index (χ2v) is 2.71. The summed E-state index contributed by atoms with van der Waals surface area (Å²) in [4.78, 5) is 0. The van der Waals surface area contributed by atoms with E-state index < -0.39 is 0 Å². The molecular formula is C9H8ClNO. The van der Waals surface area contributed by atoms with Crippen molar-refractivity contribution in [2.75, 3.05) is 7.11 Å². The molecule has 0 N–H and O–H groups in total. The van der Waals surface area contributed by atoms with Gasteiger partial charge in [0.25, 0.3) is 0 Å². The van der Waals surface area contributed by atoms with Gasteiger partial charge in [-0.15, -0.1) is 0 Å². The third kappa shape index (κ3) is 1.90. The van der Waals surface area contributed by atoms with E-state index in [-0.39, 0.29) is 0 Å². The molecule has 0 amide bonds. The van der Waals surface area contributed by atoms with Gasteiger partial charge in [-0.05, 0) is 17.7 Å². The Hall–Kier alpha value is -1.20. The van der Waals surface area contributed by atoms with Crippen LogP contribution >= 0.6 is 11.6 Å². The maximum atomic E-state index is 8.43. The first kappa shape index (κ1) is 8.89. The molecule has 0 unspecified atom stereocenters. The Morgan fingerprint density at radius 2 is 2.33 bits per heavy atom. The largest absolute Gasteiger partial charge is 0.495 e. The number of benzene rings is 1. The average Bonchev–Trinajstić information content (AvgIpc) is 2.09. The fourth-order valence-electron chi connectivity index (χ4n) is 0.905. The molecule has 0 heterocycles. The predicted octanol–water partition coefficient (Wildman–Crippen LogP) is 2.41. The molecule has 62 valence electrons. The highest BCUT2D eigenvalue weighted by Gasteiger charge is 2.00. The Balaban J connectivity index is 2.98. The molecule has 0 aliphatic heterocycles. The van der Waals surface area contributed by atoms with E-state index in [1.54, 1.807) is 19.2 Å². The lowest BCUT2D eigenvalue weighted by Gasteiger charge is -2.03. The van der Waals surface area contributed by atoms with Crippen molar-refractivity contribution in [3.05, 3.63) is 28.8 Å². The maximum absolute atomic E-state index is 8.43. The van der Waals surface area contributed by atoms with E-state index in [0.717, 1.165) is 5.56 Å². The summed E-state index contributed by atoms with van der Waals surface area (Å²) in [5.41, 5.74) is 0.916. The lowest BCUT2D eigenvalue weighted by molar-refractivity contribution is 0.414. The number of halogens is 1. The zero-order valence-electron chi connectivity index (χ0n) is 6.67. The highest BCUT2D eigenvalue weighted by molar-refractivity contribution is 6.32. The smallest absolute Gasteiger partial charge is 0.137 e. The topological polar surface area (TPSA) is 33.0 Å². The van der Waals surface area contributed by atoms with Crippen molar-refractivity contribution in [1.29, 1.82) is 5.26 Å². The van der Waals surface area contributed by atoms with Gasteiger partial charge in [-0.3, -0.25) is 0 Å². The fraction of sp³-hybridized carbons (Fsp3) is 0.222. The van der Waals surface area contributed by atoms with Gasteiger partial charge in [-0.1, -0.05) is 17.7 Å². The molecule has 0 saturated carbocycles. The van der Waals surface area contributed by atoms with Crippen LogP contribution in [-0.4, -0.2) is 7.11 Å². The Labute approximate surface area is 76.3 Å². The van der Waals surface area contributed by atoms with Crippen LogP contribution in [0, 0.1) is 11.3 Å². The van der Waals surface area contributed by atoms with E-state index in [1.165, 1.54) is 0 Å². The summed E-state index contributed by atoms with van der Waals surface area (Å²) in [6.45, 7) is 0. The maximum Gasteiger partial charge on any atom is 0.137 e. The first-order valence-electron chi connectivity index (χ1n) is 3.47. The van der Waals surface area contributed by atoms with Crippen LogP contribution in [0.2, 0.25) is 5.02 Å². The van der Waals surface area contributed by atoms with Gasteiger partial charge in [0.15, 0.2) is 0 Å². The third-order valence-electron chi connectivity index (χ3n) is 1.50. The standard InChI is InChI=1S/C9H8ClNO/c1-12-9-6-7(4-5-11)2-3-8(9)10/h2-3,6H,4H2,1H3. The summed E-state index contributed by atoms with van der Waals surface area (Å²) < 4.78 is 4.99. The summed E-state index contributed by atoms with van der Waals surface area (Å²) in [5.74, 6) is 0.615. The molecule has 1 aromatic rings. The molecule has 0 fully saturated rings. The van der Waals surface area contributed by atoms with E-state index in [0.29, 0.717) is 17.2 Å². The molecule has 1 aromatic carbocycles. The number of hydrogen-bond donors (Lipinski definition) is 0. The van der Waals surface area contributed by atoms with E-state index in [4.69, 9.17) is 21.6 Å². The fourth-order valence-corrected chi connectivity index (χ4v) is 1.10. The highest BCUT2D eigenvalue weighted by atomic mass is 35.5. The summed E-state index contributed by atoms with van der Waals surface area (Å²) in [5, 5.41) is 9.00. The molecule has 0 spiro atoms. The SMILES string of the molecule is COc1cc(CC#N)ccc1Cl. The van der Waals surface area contributed by atoms with E-state index >= 15 is 0 Å². The summed E-state index contributed by atoms with van der Waals surface area (Å²) >= 11 is 5.79. The van der Waals surface area contributed by atoms with Crippen LogP contribution in [0.15, 0.2) is 18.2 Å². The molecular weight excluding hydrogens is 174 g/mol. The van der Waals surface area contributed by atoms with E-state index in [1.807, 2.05) is 6.07 Å². The van der Waals surface area contributed by atoms with Crippen molar-refractivity contribution in [2.24, 2.45) is 0 Å². The van der Waals surface area contributed by atoms with Gasteiger partial charge in [-0.25, -0.2) is 0 Å². The normalized spacial score (nSPS) is 9.08. The van der Waals surface area contributed by atoms with Crippen LogP contribution in [-0.2, 0) is 6.42 Å². The van der Waals surface area contributed by atoms with Crippen LogP contribution in [0.3, 0.4) is 0 Å². The zero-order valence-corrected chi connectivity index (χ0v) is 7.43. The molecule has 0 aliphatic rings. The lowest BCUT2D eigenvalue weighted by Crippen LogP contribution is -1.87. The van der Waals surface area contributed by atoms with Crippen molar-refractivity contribution < 1.29 is 4.74 Å². The monoisotopic (exact) mass is 181 g/mol. The first-order valence-corrected chi connectivity index (χ1v) is 3.85. The molecule has 0 aliphatic carbocycles. The Kier molecular flexibility index (Phi) is 2.95. The minimum atomic E-state index is 0.382. The van der Waals surface area contributed by atoms with Gasteiger partial charge in [0.1, 0.15) is 5.75 Å². The minimum Gasteiger partial charge on any atom is -0.495 e. The second kappa shape index (κ2) is 3.99. The number of methoxy groups -OCH3 is 1. The summed E-state index contributed by atoms with van der Waals surface area (Å²) in [6.07, 6.45) is 0.382. The van der Waals surface area contributed by atoms with Crippen molar-refractivity contribution in [3.8, 4) is 11.8 Å². The molecule has 3 heteroatoms. The molecule has 0 aromatic heterocycles. The van der Waals surface area contributed by atoms with Gasteiger partial charge >= 0.3 is 0 Å². The van der Waals surface area contributed by atoms with Crippen molar-refractivity contribution in [3.63, 3.8) is 0 Å². The van der Waals surface area contributed by atoms with Crippen molar-refractivity contribution in [1.82, 2.24) is 0 Å². The van der Waals surface area contributed by atoms with E-state index in [2.05, 4.69) is 6.07 Å². The van der Waals surface area contributed by atoms with Gasteiger partial charge < -0.3 is 4.74 Å². The molecule has 0 bridgehead atoms. The molecule has 2 nitrogen and oxygen atoms in total. The number of rotatable bonds is 2. The Morgan fingerprint density at radius 3 is 2.92 bits per heavy atom. The molecule has 1 rings (SSSR count). The van der Waals surface area contributed by atoms with Crippen LogP contribution in [0.1, 0.15) is 5.56 Å².